The highest BCUT2D eigenvalue weighted by molar-refractivity contribution is 6.36. The number of ether oxygens (including phenoxy) is 1. The van der Waals surface area contributed by atoms with Crippen molar-refractivity contribution in [2.24, 2.45) is 5.92 Å². The minimum atomic E-state index is 0.208. The van der Waals surface area contributed by atoms with Crippen molar-refractivity contribution in [3.8, 4) is 34.1 Å². The van der Waals surface area contributed by atoms with Gasteiger partial charge in [0, 0.05) is 59.7 Å². The van der Waals surface area contributed by atoms with Crippen molar-refractivity contribution in [1.29, 1.82) is 5.26 Å². The molecule has 0 bridgehead atoms. The van der Waals surface area contributed by atoms with E-state index in [0.29, 0.717) is 0 Å². The van der Waals surface area contributed by atoms with Gasteiger partial charge in [0.05, 0.1) is 23.7 Å². The van der Waals surface area contributed by atoms with Crippen LogP contribution in [0.15, 0.2) is 67.1 Å². The molecule has 0 aliphatic carbocycles. The van der Waals surface area contributed by atoms with E-state index in [9.17, 15) is 0 Å². The van der Waals surface area contributed by atoms with Crippen LogP contribution in [-0.4, -0.2) is 41.2 Å². The average Bonchev–Trinajstić information content (AvgIpc) is 3.28. The number of halogens is 1. The Kier molecular flexibility index (Phi) is 6.53. The van der Waals surface area contributed by atoms with Gasteiger partial charge in [0.25, 0.3) is 0 Å². The van der Waals surface area contributed by atoms with E-state index >= 15 is 0 Å². The van der Waals surface area contributed by atoms with E-state index in [1.807, 2.05) is 48.8 Å². The van der Waals surface area contributed by atoms with Crippen LogP contribution in [0.2, 0.25) is 5.02 Å². The number of nitrogens with zero attached hydrogens (tertiary/aromatic N) is 4. The summed E-state index contributed by atoms with van der Waals surface area (Å²) in [6.45, 7) is 3.80. The van der Waals surface area contributed by atoms with Gasteiger partial charge in [-0.15, -0.1) is 0 Å². The molecule has 0 atom stereocenters. The number of fused-ring (bicyclic) bond motifs is 1. The molecule has 6 heteroatoms. The number of hydrogen-bond acceptors (Lipinski definition) is 4. The molecule has 0 N–H and O–H groups in total. The first-order valence-electron chi connectivity index (χ1n) is 11.7. The number of methoxy groups -OCH3 is 1. The van der Waals surface area contributed by atoms with E-state index in [0.717, 1.165) is 82.9 Å². The molecule has 0 spiro atoms. The van der Waals surface area contributed by atoms with Crippen molar-refractivity contribution < 1.29 is 4.74 Å². The monoisotopic (exact) mass is 470 g/mol. The molecule has 34 heavy (non-hydrogen) atoms. The van der Waals surface area contributed by atoms with Gasteiger partial charge in [0.1, 0.15) is 5.75 Å². The topological polar surface area (TPSA) is 54.1 Å². The number of pyridine rings is 1. The van der Waals surface area contributed by atoms with Crippen LogP contribution in [-0.2, 0) is 6.54 Å². The highest BCUT2D eigenvalue weighted by Gasteiger charge is 2.19. The van der Waals surface area contributed by atoms with E-state index in [1.165, 1.54) is 0 Å². The molecule has 2 aromatic heterocycles. The summed E-state index contributed by atoms with van der Waals surface area (Å²) >= 11 is 6.71. The Hall–Kier alpha value is -3.33. The van der Waals surface area contributed by atoms with Crippen molar-refractivity contribution in [1.82, 2.24) is 14.5 Å². The summed E-state index contributed by atoms with van der Waals surface area (Å²) in [6, 6.07) is 18.7. The van der Waals surface area contributed by atoms with Gasteiger partial charge in [-0.05, 0) is 61.8 Å². The van der Waals surface area contributed by atoms with Gasteiger partial charge in [-0.3, -0.25) is 4.98 Å². The van der Waals surface area contributed by atoms with Crippen LogP contribution in [0.4, 0.5) is 0 Å². The van der Waals surface area contributed by atoms with Crippen molar-refractivity contribution in [2.45, 2.75) is 19.4 Å². The summed E-state index contributed by atoms with van der Waals surface area (Å²) in [7, 11) is 1.67. The molecule has 3 heterocycles. The Bertz CT molecular complexity index is 1330. The lowest BCUT2D eigenvalue weighted by Crippen LogP contribution is -2.35. The van der Waals surface area contributed by atoms with Gasteiger partial charge in [0.15, 0.2) is 0 Å². The van der Waals surface area contributed by atoms with Gasteiger partial charge in [-0.25, -0.2) is 0 Å². The lowest BCUT2D eigenvalue weighted by molar-refractivity contribution is 0.200. The molecule has 0 saturated carbocycles. The van der Waals surface area contributed by atoms with Gasteiger partial charge in [0.2, 0.25) is 0 Å². The summed E-state index contributed by atoms with van der Waals surface area (Å²) in [5.41, 5.74) is 5.40. The van der Waals surface area contributed by atoms with Crippen LogP contribution in [0.25, 0.3) is 33.2 Å². The van der Waals surface area contributed by atoms with E-state index < -0.39 is 0 Å². The second-order valence-electron chi connectivity index (χ2n) is 8.81. The number of hydrogen-bond donors (Lipinski definition) is 0. The predicted octanol–water partition coefficient (Wildman–Crippen LogP) is 6.27. The molecule has 1 saturated heterocycles. The molecule has 0 radical (unpaired) electrons. The first kappa shape index (κ1) is 22.5. The number of nitriles is 1. The van der Waals surface area contributed by atoms with Gasteiger partial charge in [-0.2, -0.15) is 5.26 Å². The molecule has 5 nitrogen and oxygen atoms in total. The quantitative estimate of drug-likeness (QED) is 0.333. The summed E-state index contributed by atoms with van der Waals surface area (Å²) in [5.74, 6) is 1.04. The number of rotatable bonds is 6. The maximum atomic E-state index is 9.16. The largest absolute Gasteiger partial charge is 0.497 e. The maximum Gasteiger partial charge on any atom is 0.118 e. The van der Waals surface area contributed by atoms with E-state index in [4.69, 9.17) is 21.6 Å². The van der Waals surface area contributed by atoms with Crippen LogP contribution in [0, 0.1) is 17.2 Å². The Labute approximate surface area is 205 Å². The molecular formula is C28H27ClN4O. The zero-order valence-electron chi connectivity index (χ0n) is 19.2. The van der Waals surface area contributed by atoms with Gasteiger partial charge >= 0.3 is 0 Å². The summed E-state index contributed by atoms with van der Waals surface area (Å²) in [6.07, 6.45) is 7.92. The SMILES string of the molecule is COc1ccc(-c2cncc(-c3cn(CCN4CCC(C#N)CC4)c4cccc(Cl)c34)c2)cc1. The fraction of sp³-hybridized carbons (Fsp3) is 0.286. The second kappa shape index (κ2) is 9.89. The molecule has 4 aromatic rings. The van der Waals surface area contributed by atoms with Crippen LogP contribution in [0.1, 0.15) is 12.8 Å². The summed E-state index contributed by atoms with van der Waals surface area (Å²) in [4.78, 5) is 7.00. The molecule has 1 aliphatic heterocycles. The van der Waals surface area contributed by atoms with Crippen molar-refractivity contribution in [3.63, 3.8) is 0 Å². The van der Waals surface area contributed by atoms with Crippen LogP contribution >= 0.6 is 11.6 Å². The summed E-state index contributed by atoms with van der Waals surface area (Å²) < 4.78 is 7.59. The molecule has 1 aliphatic rings. The standard InChI is InChI=1S/C28H27ClN4O/c1-34-24-7-5-21(6-8-24)22-15-23(18-31-17-22)25-19-33(27-4-2-3-26(29)28(25)27)14-13-32-11-9-20(16-30)10-12-32/h2-8,15,17-20H,9-14H2,1H3. The molecule has 0 amide bonds. The molecule has 0 unspecified atom stereocenters. The first-order chi connectivity index (χ1) is 16.7. The third-order valence-electron chi connectivity index (χ3n) is 6.76. The average molecular weight is 471 g/mol. The van der Waals surface area contributed by atoms with E-state index in [1.54, 1.807) is 7.11 Å². The fourth-order valence-corrected chi connectivity index (χ4v) is 5.05. The lowest BCUT2D eigenvalue weighted by atomic mass is 9.99. The Morgan fingerprint density at radius 1 is 1.03 bits per heavy atom. The second-order valence-corrected chi connectivity index (χ2v) is 9.21. The van der Waals surface area contributed by atoms with E-state index in [2.05, 4.69) is 38.8 Å². The highest BCUT2D eigenvalue weighted by Crippen LogP contribution is 2.37. The highest BCUT2D eigenvalue weighted by atomic mass is 35.5. The molecular weight excluding hydrogens is 444 g/mol. The Balaban J connectivity index is 1.45. The smallest absolute Gasteiger partial charge is 0.118 e. The Morgan fingerprint density at radius 3 is 2.53 bits per heavy atom. The van der Waals surface area contributed by atoms with E-state index in [-0.39, 0.29) is 5.92 Å². The minimum Gasteiger partial charge on any atom is -0.497 e. The van der Waals surface area contributed by atoms with Crippen molar-refractivity contribution >= 4 is 22.5 Å². The Morgan fingerprint density at radius 2 is 1.79 bits per heavy atom. The molecule has 2 aromatic carbocycles. The first-order valence-corrected chi connectivity index (χ1v) is 12.0. The maximum absolute atomic E-state index is 9.16. The minimum absolute atomic E-state index is 0.208. The van der Waals surface area contributed by atoms with Crippen LogP contribution in [0.3, 0.4) is 0 Å². The third kappa shape index (κ3) is 4.52. The van der Waals surface area contributed by atoms with Gasteiger partial charge < -0.3 is 14.2 Å². The number of benzene rings is 2. The van der Waals surface area contributed by atoms with Gasteiger partial charge in [-0.1, -0.05) is 29.8 Å². The fourth-order valence-electron chi connectivity index (χ4n) is 4.78. The third-order valence-corrected chi connectivity index (χ3v) is 7.07. The zero-order valence-corrected chi connectivity index (χ0v) is 20.0. The van der Waals surface area contributed by atoms with Crippen LogP contribution < -0.4 is 4.74 Å². The summed E-state index contributed by atoms with van der Waals surface area (Å²) in [5, 5.41) is 11.0. The number of likely N-dealkylation sites (tertiary alicyclic amines) is 1. The van der Waals surface area contributed by atoms with Crippen molar-refractivity contribution in [2.75, 3.05) is 26.7 Å². The normalized spacial score (nSPS) is 14.9. The molecule has 172 valence electrons. The number of aromatic nitrogens is 2. The lowest BCUT2D eigenvalue weighted by Gasteiger charge is -2.29. The molecule has 5 rings (SSSR count). The predicted molar refractivity (Wildman–Crippen MR) is 137 cm³/mol. The van der Waals surface area contributed by atoms with Crippen LogP contribution in [0.5, 0.6) is 5.75 Å². The zero-order chi connectivity index (χ0) is 23.5. The molecule has 1 fully saturated rings. The van der Waals surface area contributed by atoms with Crippen molar-refractivity contribution in [3.05, 3.63) is 72.1 Å². The number of piperidine rings is 1.